The van der Waals surface area contributed by atoms with Crippen molar-refractivity contribution in [2.75, 3.05) is 13.1 Å². The van der Waals surface area contributed by atoms with Crippen LogP contribution >= 0.6 is 0 Å². The fourth-order valence-electron chi connectivity index (χ4n) is 3.60. The third-order valence-corrected chi connectivity index (χ3v) is 5.14. The summed E-state index contributed by atoms with van der Waals surface area (Å²) in [5, 5.41) is 15.0. The number of likely N-dealkylation sites (N-methyl/N-ethyl adjacent to an activating group) is 1. The van der Waals surface area contributed by atoms with E-state index in [1.54, 1.807) is 0 Å². The fourth-order valence-corrected chi connectivity index (χ4v) is 3.60. The monoisotopic (exact) mass is 311 g/mol. The fraction of sp³-hybridized carbons (Fsp3) is 0.875. The molecule has 2 saturated carbocycles. The lowest BCUT2D eigenvalue weighted by Crippen LogP contribution is -2.57. The summed E-state index contributed by atoms with van der Waals surface area (Å²) >= 11 is 0. The van der Waals surface area contributed by atoms with Crippen LogP contribution in [0.4, 0.5) is 4.79 Å². The lowest BCUT2D eigenvalue weighted by atomic mass is 9.85. The highest BCUT2D eigenvalue weighted by atomic mass is 16.4. The minimum Gasteiger partial charge on any atom is -0.480 e. The van der Waals surface area contributed by atoms with Crippen molar-refractivity contribution in [1.29, 1.82) is 0 Å². The highest BCUT2D eigenvalue weighted by Crippen LogP contribution is 2.26. The van der Waals surface area contributed by atoms with Gasteiger partial charge in [0.25, 0.3) is 0 Å². The summed E-state index contributed by atoms with van der Waals surface area (Å²) in [6.45, 7) is 4.99. The van der Waals surface area contributed by atoms with Gasteiger partial charge in [0.2, 0.25) is 0 Å². The van der Waals surface area contributed by atoms with E-state index in [2.05, 4.69) is 17.6 Å². The number of hydrogen-bond acceptors (Lipinski definition) is 3. The second kappa shape index (κ2) is 7.81. The zero-order chi connectivity index (χ0) is 16.1. The summed E-state index contributed by atoms with van der Waals surface area (Å²) in [7, 11) is 0. The molecule has 0 heterocycles. The third-order valence-electron chi connectivity index (χ3n) is 5.14. The molecule has 0 radical (unpaired) electrons. The Balaban J connectivity index is 1.68. The highest BCUT2D eigenvalue weighted by molar-refractivity contribution is 5.74. The molecule has 126 valence electrons. The number of carboxylic acid groups (broad SMARTS) is 1. The second-order valence-corrected chi connectivity index (χ2v) is 6.77. The molecule has 0 aromatic rings. The maximum Gasteiger partial charge on any atom is 0.317 e. The maximum absolute atomic E-state index is 12.1. The van der Waals surface area contributed by atoms with E-state index in [0.29, 0.717) is 12.0 Å². The highest BCUT2D eigenvalue weighted by Gasteiger charge is 2.35. The van der Waals surface area contributed by atoms with Crippen LogP contribution in [0.5, 0.6) is 0 Å². The number of nitrogens with one attached hydrogen (secondary N) is 2. The average molecular weight is 311 g/mol. The molecule has 0 aromatic heterocycles. The lowest BCUT2D eigenvalue weighted by molar-refractivity contribution is -0.139. The normalized spacial score (nSPS) is 31.4. The molecule has 2 aliphatic carbocycles. The topological polar surface area (TPSA) is 81.7 Å². The minimum absolute atomic E-state index is 0.0662. The van der Waals surface area contributed by atoms with E-state index in [-0.39, 0.29) is 24.7 Å². The van der Waals surface area contributed by atoms with Gasteiger partial charge in [0.15, 0.2) is 0 Å². The summed E-state index contributed by atoms with van der Waals surface area (Å²) in [6.07, 6.45) is 6.41. The molecule has 0 aliphatic heterocycles. The number of carboxylic acids is 1. The SMILES string of the molecule is CCN(CC(=O)O)C1CC(NC(=O)NC2CCCCC2C)C1. The Morgan fingerprint density at radius 3 is 2.45 bits per heavy atom. The molecule has 2 amide bonds. The largest absolute Gasteiger partial charge is 0.480 e. The van der Waals surface area contributed by atoms with Crippen molar-refractivity contribution in [1.82, 2.24) is 15.5 Å². The van der Waals surface area contributed by atoms with Gasteiger partial charge in [-0.1, -0.05) is 26.7 Å². The molecule has 0 aromatic carbocycles. The maximum atomic E-state index is 12.1. The van der Waals surface area contributed by atoms with Gasteiger partial charge in [-0.2, -0.15) is 0 Å². The van der Waals surface area contributed by atoms with Gasteiger partial charge in [-0.05, 0) is 38.1 Å². The number of amides is 2. The van der Waals surface area contributed by atoms with Crippen molar-refractivity contribution in [2.24, 2.45) is 5.92 Å². The predicted molar refractivity (Wildman–Crippen MR) is 84.8 cm³/mol. The lowest BCUT2D eigenvalue weighted by Gasteiger charge is -2.42. The number of carbonyl (C=O) groups is 2. The van der Waals surface area contributed by atoms with Crippen LogP contribution in [0.1, 0.15) is 52.4 Å². The van der Waals surface area contributed by atoms with Crippen LogP contribution in [0.25, 0.3) is 0 Å². The van der Waals surface area contributed by atoms with E-state index in [1.807, 2.05) is 11.8 Å². The minimum atomic E-state index is -0.790. The molecule has 6 heteroatoms. The van der Waals surface area contributed by atoms with Crippen molar-refractivity contribution < 1.29 is 14.7 Å². The standard InChI is InChI=1S/C16H29N3O3/c1-3-19(10-15(20)21)13-8-12(9-13)17-16(22)18-14-7-5-4-6-11(14)2/h11-14H,3-10H2,1-2H3,(H,20,21)(H2,17,18,22). The molecule has 6 nitrogen and oxygen atoms in total. The first-order valence-electron chi connectivity index (χ1n) is 8.52. The average Bonchev–Trinajstić information content (AvgIpc) is 2.42. The zero-order valence-corrected chi connectivity index (χ0v) is 13.7. The molecular formula is C16H29N3O3. The van der Waals surface area contributed by atoms with Crippen LogP contribution < -0.4 is 10.6 Å². The summed E-state index contributed by atoms with van der Waals surface area (Å²) in [5.74, 6) is -0.234. The Morgan fingerprint density at radius 2 is 1.86 bits per heavy atom. The van der Waals surface area contributed by atoms with Crippen molar-refractivity contribution in [2.45, 2.75) is 70.5 Å². The zero-order valence-electron chi connectivity index (χ0n) is 13.7. The molecule has 22 heavy (non-hydrogen) atoms. The molecule has 0 saturated heterocycles. The molecule has 2 unspecified atom stereocenters. The first kappa shape index (κ1) is 17.1. The van der Waals surface area contributed by atoms with Gasteiger partial charge < -0.3 is 15.7 Å². The van der Waals surface area contributed by atoms with E-state index in [4.69, 9.17) is 5.11 Å². The number of urea groups is 1. The van der Waals surface area contributed by atoms with Crippen LogP contribution in [0.3, 0.4) is 0 Å². The van der Waals surface area contributed by atoms with Crippen LogP contribution in [0.15, 0.2) is 0 Å². The van der Waals surface area contributed by atoms with Gasteiger partial charge in [-0.15, -0.1) is 0 Å². The predicted octanol–water partition coefficient (Wildman–Crippen LogP) is 1.80. The number of hydrogen-bond donors (Lipinski definition) is 3. The van der Waals surface area contributed by atoms with E-state index in [1.165, 1.54) is 19.3 Å². The molecule has 0 bridgehead atoms. The summed E-state index contributed by atoms with van der Waals surface area (Å²) < 4.78 is 0. The summed E-state index contributed by atoms with van der Waals surface area (Å²) in [5.41, 5.74) is 0. The first-order valence-corrected chi connectivity index (χ1v) is 8.52. The third kappa shape index (κ3) is 4.60. The Morgan fingerprint density at radius 1 is 1.18 bits per heavy atom. The number of rotatable bonds is 6. The van der Waals surface area contributed by atoms with Crippen LogP contribution in [0, 0.1) is 5.92 Å². The van der Waals surface area contributed by atoms with E-state index in [9.17, 15) is 9.59 Å². The number of aliphatic carboxylic acids is 1. The Hall–Kier alpha value is -1.30. The Bertz CT molecular complexity index is 396. The van der Waals surface area contributed by atoms with Gasteiger partial charge in [-0.25, -0.2) is 4.79 Å². The summed E-state index contributed by atoms with van der Waals surface area (Å²) in [6, 6.07) is 0.680. The van der Waals surface area contributed by atoms with E-state index >= 15 is 0 Å². The number of nitrogens with zero attached hydrogens (tertiary/aromatic N) is 1. The van der Waals surface area contributed by atoms with Crippen LogP contribution in [0.2, 0.25) is 0 Å². The molecule has 3 N–H and O–H groups in total. The Kier molecular flexibility index (Phi) is 6.06. The Labute approximate surface area is 132 Å². The van der Waals surface area contributed by atoms with Crippen LogP contribution in [-0.2, 0) is 4.79 Å². The van der Waals surface area contributed by atoms with Gasteiger partial charge in [-0.3, -0.25) is 9.69 Å². The number of carbonyl (C=O) groups excluding carboxylic acids is 1. The molecular weight excluding hydrogens is 282 g/mol. The van der Waals surface area contributed by atoms with E-state index in [0.717, 1.165) is 25.8 Å². The van der Waals surface area contributed by atoms with Gasteiger partial charge >= 0.3 is 12.0 Å². The van der Waals surface area contributed by atoms with Crippen molar-refractivity contribution in [3.63, 3.8) is 0 Å². The van der Waals surface area contributed by atoms with Crippen LogP contribution in [-0.4, -0.2) is 53.2 Å². The molecule has 2 atom stereocenters. The first-order chi connectivity index (χ1) is 10.5. The second-order valence-electron chi connectivity index (χ2n) is 6.77. The van der Waals surface area contributed by atoms with Gasteiger partial charge in [0.1, 0.15) is 0 Å². The smallest absolute Gasteiger partial charge is 0.317 e. The van der Waals surface area contributed by atoms with Gasteiger partial charge in [0.05, 0.1) is 6.54 Å². The van der Waals surface area contributed by atoms with E-state index < -0.39 is 5.97 Å². The quantitative estimate of drug-likeness (QED) is 0.698. The van der Waals surface area contributed by atoms with Crippen molar-refractivity contribution in [3.05, 3.63) is 0 Å². The molecule has 2 rings (SSSR count). The molecule has 2 aliphatic rings. The molecule has 0 spiro atoms. The summed E-state index contributed by atoms with van der Waals surface area (Å²) in [4.78, 5) is 24.8. The van der Waals surface area contributed by atoms with Crippen molar-refractivity contribution in [3.8, 4) is 0 Å². The van der Waals surface area contributed by atoms with Crippen molar-refractivity contribution >= 4 is 12.0 Å². The molecule has 2 fully saturated rings. The van der Waals surface area contributed by atoms with Gasteiger partial charge in [0, 0.05) is 18.1 Å².